The second kappa shape index (κ2) is 4.75. The van der Waals surface area contributed by atoms with Gasteiger partial charge in [0.05, 0.1) is 10.7 Å². The van der Waals surface area contributed by atoms with Crippen LogP contribution in [0.3, 0.4) is 0 Å². The van der Waals surface area contributed by atoms with Crippen molar-refractivity contribution in [3.8, 4) is 0 Å². The smallest absolute Gasteiger partial charge is 0.222 e. The first-order valence-electron chi connectivity index (χ1n) is 5.54. The number of hydrogen-bond acceptors (Lipinski definition) is 5. The summed E-state index contributed by atoms with van der Waals surface area (Å²) >= 11 is 7.48. The molecule has 0 aliphatic heterocycles. The summed E-state index contributed by atoms with van der Waals surface area (Å²) in [5, 5.41) is 9.26. The van der Waals surface area contributed by atoms with Crippen molar-refractivity contribution in [3.05, 3.63) is 35.2 Å². The summed E-state index contributed by atoms with van der Waals surface area (Å²) < 4.78 is 3.65. The van der Waals surface area contributed by atoms with Crippen LogP contribution in [0.1, 0.15) is 5.69 Å². The number of halogens is 1. The number of hydrogen-bond donors (Lipinski definition) is 1. The Balaban J connectivity index is 1.80. The van der Waals surface area contributed by atoms with E-state index < -0.39 is 0 Å². The summed E-state index contributed by atoms with van der Waals surface area (Å²) in [4.78, 5) is 4.50. The van der Waals surface area contributed by atoms with Crippen molar-refractivity contribution in [3.63, 3.8) is 0 Å². The normalized spacial score (nSPS) is 11.3. The number of nitrogens with two attached hydrogens (primary N) is 1. The SMILES string of the molecule is Cn1c(N)nnc1SCc1cn2cc(Cl)ccc2n1. The van der Waals surface area contributed by atoms with Crippen LogP contribution in [-0.4, -0.2) is 24.1 Å². The average molecular weight is 295 g/mol. The molecule has 19 heavy (non-hydrogen) atoms. The second-order valence-electron chi connectivity index (χ2n) is 4.03. The lowest BCUT2D eigenvalue weighted by atomic mass is 10.5. The van der Waals surface area contributed by atoms with Gasteiger partial charge in [0.25, 0.3) is 0 Å². The Bertz CT molecular complexity index is 734. The molecule has 3 aromatic heterocycles. The number of anilines is 1. The third kappa shape index (κ3) is 2.39. The average Bonchev–Trinajstić information content (AvgIpc) is 2.92. The monoisotopic (exact) mass is 294 g/mol. The van der Waals surface area contributed by atoms with Gasteiger partial charge in [-0.1, -0.05) is 23.4 Å². The van der Waals surface area contributed by atoms with E-state index >= 15 is 0 Å². The van der Waals surface area contributed by atoms with Gasteiger partial charge in [0, 0.05) is 25.2 Å². The highest BCUT2D eigenvalue weighted by Crippen LogP contribution is 2.22. The molecule has 0 saturated heterocycles. The molecule has 98 valence electrons. The molecule has 0 fully saturated rings. The van der Waals surface area contributed by atoms with Crippen molar-refractivity contribution in [1.82, 2.24) is 24.1 Å². The van der Waals surface area contributed by atoms with Crippen molar-refractivity contribution in [2.45, 2.75) is 10.9 Å². The van der Waals surface area contributed by atoms with E-state index in [1.807, 2.05) is 36.0 Å². The lowest BCUT2D eigenvalue weighted by Crippen LogP contribution is -1.98. The van der Waals surface area contributed by atoms with Gasteiger partial charge in [-0.2, -0.15) is 0 Å². The number of pyridine rings is 1. The Morgan fingerprint density at radius 1 is 1.32 bits per heavy atom. The predicted molar refractivity (Wildman–Crippen MR) is 75.2 cm³/mol. The largest absolute Gasteiger partial charge is 0.368 e. The Labute approximate surface area is 118 Å². The summed E-state index contributed by atoms with van der Waals surface area (Å²) in [6.45, 7) is 0. The maximum Gasteiger partial charge on any atom is 0.222 e. The number of aromatic nitrogens is 5. The zero-order valence-electron chi connectivity index (χ0n) is 10.1. The first kappa shape index (κ1) is 12.3. The number of nitrogens with zero attached hydrogens (tertiary/aromatic N) is 5. The van der Waals surface area contributed by atoms with Crippen LogP contribution in [0.4, 0.5) is 5.95 Å². The molecule has 0 amide bonds. The van der Waals surface area contributed by atoms with Crippen LogP contribution in [0, 0.1) is 0 Å². The van der Waals surface area contributed by atoms with Crippen LogP contribution in [0.5, 0.6) is 0 Å². The maximum atomic E-state index is 5.94. The molecule has 8 heteroatoms. The van der Waals surface area contributed by atoms with E-state index in [1.165, 1.54) is 0 Å². The van der Waals surface area contributed by atoms with Crippen molar-refractivity contribution in [1.29, 1.82) is 0 Å². The van der Waals surface area contributed by atoms with Gasteiger partial charge in [0.2, 0.25) is 5.95 Å². The Morgan fingerprint density at radius 3 is 2.89 bits per heavy atom. The molecule has 0 aliphatic carbocycles. The Kier molecular flexibility index (Phi) is 3.08. The quantitative estimate of drug-likeness (QED) is 0.748. The van der Waals surface area contributed by atoms with E-state index in [4.69, 9.17) is 17.3 Å². The summed E-state index contributed by atoms with van der Waals surface area (Å²) in [5.74, 6) is 1.11. The van der Waals surface area contributed by atoms with Gasteiger partial charge in [0.1, 0.15) is 5.65 Å². The van der Waals surface area contributed by atoms with Crippen LogP contribution in [-0.2, 0) is 12.8 Å². The van der Waals surface area contributed by atoms with Crippen LogP contribution < -0.4 is 5.73 Å². The van der Waals surface area contributed by atoms with Crippen LogP contribution in [0.15, 0.2) is 29.7 Å². The maximum absolute atomic E-state index is 5.94. The van der Waals surface area contributed by atoms with E-state index in [0.717, 1.165) is 16.5 Å². The summed E-state index contributed by atoms with van der Waals surface area (Å²) in [6, 6.07) is 3.71. The molecule has 0 atom stereocenters. The minimum atomic E-state index is 0.407. The molecule has 0 unspecified atom stereocenters. The molecule has 3 aromatic rings. The number of fused-ring (bicyclic) bond motifs is 1. The lowest BCUT2D eigenvalue weighted by molar-refractivity contribution is 0.795. The third-order valence-electron chi connectivity index (χ3n) is 2.68. The molecule has 6 nitrogen and oxygen atoms in total. The van der Waals surface area contributed by atoms with E-state index in [1.54, 1.807) is 16.3 Å². The lowest BCUT2D eigenvalue weighted by Gasteiger charge is -1.98. The predicted octanol–water partition coefficient (Wildman–Crippen LogP) is 1.99. The molecule has 0 aromatic carbocycles. The van der Waals surface area contributed by atoms with Gasteiger partial charge in [-0.15, -0.1) is 10.2 Å². The van der Waals surface area contributed by atoms with Gasteiger partial charge in [-0.3, -0.25) is 4.57 Å². The summed E-state index contributed by atoms with van der Waals surface area (Å²) in [5.41, 5.74) is 7.45. The van der Waals surface area contributed by atoms with Crippen LogP contribution in [0.2, 0.25) is 5.02 Å². The van der Waals surface area contributed by atoms with Gasteiger partial charge in [0.15, 0.2) is 5.16 Å². The zero-order valence-corrected chi connectivity index (χ0v) is 11.7. The van der Waals surface area contributed by atoms with E-state index in [2.05, 4.69) is 15.2 Å². The number of nitrogen functional groups attached to an aromatic ring is 1. The van der Waals surface area contributed by atoms with Gasteiger partial charge >= 0.3 is 0 Å². The van der Waals surface area contributed by atoms with E-state index in [0.29, 0.717) is 16.7 Å². The fourth-order valence-electron chi connectivity index (χ4n) is 1.68. The molecule has 2 N–H and O–H groups in total. The topological polar surface area (TPSA) is 74.0 Å². The summed E-state index contributed by atoms with van der Waals surface area (Å²) in [7, 11) is 1.83. The molecular weight excluding hydrogens is 284 g/mol. The highest BCUT2D eigenvalue weighted by molar-refractivity contribution is 7.98. The Hall–Kier alpha value is -1.73. The number of thioether (sulfide) groups is 1. The number of imidazole rings is 1. The second-order valence-corrected chi connectivity index (χ2v) is 5.41. The first-order valence-corrected chi connectivity index (χ1v) is 6.90. The van der Waals surface area contributed by atoms with Crippen molar-refractivity contribution in [2.75, 3.05) is 5.73 Å². The number of rotatable bonds is 3. The van der Waals surface area contributed by atoms with Crippen molar-refractivity contribution in [2.24, 2.45) is 7.05 Å². The molecule has 0 aliphatic rings. The molecule has 0 bridgehead atoms. The van der Waals surface area contributed by atoms with Gasteiger partial charge < -0.3 is 10.1 Å². The van der Waals surface area contributed by atoms with Crippen LogP contribution >= 0.6 is 23.4 Å². The molecule has 0 saturated carbocycles. The van der Waals surface area contributed by atoms with Crippen molar-refractivity contribution >= 4 is 35.0 Å². The van der Waals surface area contributed by atoms with Crippen LogP contribution in [0.25, 0.3) is 5.65 Å². The first-order chi connectivity index (χ1) is 9.13. The van der Waals surface area contributed by atoms with Gasteiger partial charge in [-0.05, 0) is 12.1 Å². The fraction of sp³-hybridized carbons (Fsp3) is 0.182. The minimum absolute atomic E-state index is 0.407. The molecule has 0 radical (unpaired) electrons. The van der Waals surface area contributed by atoms with Crippen molar-refractivity contribution < 1.29 is 0 Å². The van der Waals surface area contributed by atoms with E-state index in [9.17, 15) is 0 Å². The molecule has 3 rings (SSSR count). The molecular formula is C11H11ClN6S. The molecule has 3 heterocycles. The fourth-order valence-corrected chi connectivity index (χ4v) is 2.65. The standard InChI is InChI=1S/C11H11ClN6S/c1-17-10(13)15-16-11(17)19-6-8-5-18-4-7(12)2-3-9(18)14-8/h2-5H,6H2,1H3,(H2,13,15). The zero-order chi connectivity index (χ0) is 13.4. The molecule has 0 spiro atoms. The third-order valence-corrected chi connectivity index (χ3v) is 3.96. The summed E-state index contributed by atoms with van der Waals surface area (Å²) in [6.07, 6.45) is 3.78. The highest BCUT2D eigenvalue weighted by atomic mass is 35.5. The van der Waals surface area contributed by atoms with E-state index in [-0.39, 0.29) is 0 Å². The highest BCUT2D eigenvalue weighted by Gasteiger charge is 2.08. The minimum Gasteiger partial charge on any atom is -0.368 e. The Morgan fingerprint density at radius 2 is 2.16 bits per heavy atom. The van der Waals surface area contributed by atoms with Gasteiger partial charge in [-0.25, -0.2) is 4.98 Å².